The van der Waals surface area contributed by atoms with Crippen molar-refractivity contribution in [1.82, 2.24) is 0 Å². The van der Waals surface area contributed by atoms with Crippen molar-refractivity contribution in [2.24, 2.45) is 5.41 Å². The third kappa shape index (κ3) is 2.99. The summed E-state index contributed by atoms with van der Waals surface area (Å²) in [5.74, 6) is -1.88. The molecule has 0 aromatic heterocycles. The highest BCUT2D eigenvalue weighted by Crippen LogP contribution is 2.54. The minimum absolute atomic E-state index is 0.193. The van der Waals surface area contributed by atoms with E-state index >= 15 is 0 Å². The number of halogens is 4. The van der Waals surface area contributed by atoms with Crippen molar-refractivity contribution in [3.05, 3.63) is 35.6 Å². The summed E-state index contributed by atoms with van der Waals surface area (Å²) in [5.41, 5.74) is -2.06. The molecule has 6 heteroatoms. The van der Waals surface area contributed by atoms with Gasteiger partial charge in [0.15, 0.2) is 5.78 Å². The number of alkyl halides is 3. The van der Waals surface area contributed by atoms with Gasteiger partial charge in [-0.1, -0.05) is 6.42 Å². The summed E-state index contributed by atoms with van der Waals surface area (Å²) in [5, 5.41) is 0. The van der Waals surface area contributed by atoms with Crippen molar-refractivity contribution in [2.75, 3.05) is 0 Å². The highest BCUT2D eigenvalue weighted by atomic mass is 19.4. The van der Waals surface area contributed by atoms with E-state index in [-0.39, 0.29) is 24.8 Å². The van der Waals surface area contributed by atoms with Gasteiger partial charge >= 0.3 is 6.18 Å². The van der Waals surface area contributed by atoms with Crippen molar-refractivity contribution in [1.29, 1.82) is 0 Å². The summed E-state index contributed by atoms with van der Waals surface area (Å²) in [7, 11) is 0. The van der Waals surface area contributed by atoms with Crippen LogP contribution in [0.2, 0.25) is 0 Å². The summed E-state index contributed by atoms with van der Waals surface area (Å²) in [6, 6.07) is 4.70. The molecule has 1 aliphatic carbocycles. The molecule has 0 heterocycles. The summed E-state index contributed by atoms with van der Waals surface area (Å²) in [4.78, 5) is 23.6. The first-order valence-corrected chi connectivity index (χ1v) is 6.65. The monoisotopic (exact) mass is 302 g/mol. The molecule has 0 amide bonds. The van der Waals surface area contributed by atoms with Gasteiger partial charge in [0.05, 0.1) is 0 Å². The quantitative estimate of drug-likeness (QED) is 0.606. The van der Waals surface area contributed by atoms with Crippen molar-refractivity contribution < 1.29 is 27.2 Å². The SMILES string of the molecule is O=C(CCC(=O)C1(C(F)(F)F)CCC1)c1ccc(F)cc1. The zero-order valence-corrected chi connectivity index (χ0v) is 11.2. The maximum absolute atomic E-state index is 13.0. The number of ketones is 2. The Labute approximate surface area is 119 Å². The number of benzene rings is 1. The molecule has 0 saturated heterocycles. The van der Waals surface area contributed by atoms with Crippen molar-refractivity contribution >= 4 is 11.6 Å². The highest BCUT2D eigenvalue weighted by Gasteiger charge is 2.62. The molecule has 0 bridgehead atoms. The molecule has 1 aliphatic rings. The number of hydrogen-bond acceptors (Lipinski definition) is 2. The average Bonchev–Trinajstić information content (AvgIpc) is 2.33. The lowest BCUT2D eigenvalue weighted by Crippen LogP contribution is -2.50. The lowest BCUT2D eigenvalue weighted by atomic mass is 9.64. The van der Waals surface area contributed by atoms with Crippen molar-refractivity contribution in [3.8, 4) is 0 Å². The van der Waals surface area contributed by atoms with Crippen LogP contribution in [0.5, 0.6) is 0 Å². The van der Waals surface area contributed by atoms with E-state index in [1.54, 1.807) is 0 Å². The molecule has 1 aromatic carbocycles. The first-order valence-electron chi connectivity index (χ1n) is 6.65. The van der Waals surface area contributed by atoms with Gasteiger partial charge in [-0.05, 0) is 37.1 Å². The molecular formula is C15H14F4O2. The Morgan fingerprint density at radius 3 is 2.05 bits per heavy atom. The van der Waals surface area contributed by atoms with Crippen LogP contribution >= 0.6 is 0 Å². The smallest absolute Gasteiger partial charge is 0.299 e. The number of rotatable bonds is 5. The molecule has 21 heavy (non-hydrogen) atoms. The van der Waals surface area contributed by atoms with E-state index in [1.807, 2.05) is 0 Å². The molecule has 0 unspecified atom stereocenters. The first kappa shape index (κ1) is 15.7. The summed E-state index contributed by atoms with van der Waals surface area (Å²) >= 11 is 0. The van der Waals surface area contributed by atoms with E-state index in [4.69, 9.17) is 0 Å². The molecular weight excluding hydrogens is 288 g/mol. The minimum atomic E-state index is -4.55. The first-order chi connectivity index (χ1) is 9.76. The normalized spacial score (nSPS) is 17.1. The van der Waals surface area contributed by atoms with Gasteiger partial charge in [-0.15, -0.1) is 0 Å². The van der Waals surface area contributed by atoms with Crippen LogP contribution < -0.4 is 0 Å². The van der Waals surface area contributed by atoms with Gasteiger partial charge in [-0.2, -0.15) is 13.2 Å². The van der Waals surface area contributed by atoms with E-state index in [2.05, 4.69) is 0 Å². The number of hydrogen-bond donors (Lipinski definition) is 0. The Bertz CT molecular complexity index is 542. The predicted molar refractivity (Wildman–Crippen MR) is 67.3 cm³/mol. The average molecular weight is 302 g/mol. The second-order valence-electron chi connectivity index (χ2n) is 5.29. The number of Topliss-reactive ketones (excluding diaryl/α,β-unsaturated/α-hetero) is 2. The van der Waals surface area contributed by atoms with Crippen LogP contribution in [0.25, 0.3) is 0 Å². The second-order valence-corrected chi connectivity index (χ2v) is 5.29. The fourth-order valence-corrected chi connectivity index (χ4v) is 2.50. The molecule has 2 rings (SSSR count). The highest BCUT2D eigenvalue weighted by molar-refractivity contribution is 5.99. The van der Waals surface area contributed by atoms with Crippen LogP contribution in [0.4, 0.5) is 17.6 Å². The van der Waals surface area contributed by atoms with Crippen LogP contribution in [0.1, 0.15) is 42.5 Å². The Balaban J connectivity index is 1.98. The van der Waals surface area contributed by atoms with Crippen LogP contribution in [-0.4, -0.2) is 17.7 Å². The van der Waals surface area contributed by atoms with Crippen molar-refractivity contribution in [3.63, 3.8) is 0 Å². The Morgan fingerprint density at radius 2 is 1.62 bits per heavy atom. The maximum Gasteiger partial charge on any atom is 0.401 e. The van der Waals surface area contributed by atoms with E-state index in [9.17, 15) is 27.2 Å². The fraction of sp³-hybridized carbons (Fsp3) is 0.467. The number of carbonyl (C=O) groups is 2. The minimum Gasteiger partial charge on any atom is -0.299 e. The second kappa shape index (κ2) is 5.58. The predicted octanol–water partition coefficient (Wildman–Crippen LogP) is 4.09. The van der Waals surface area contributed by atoms with E-state index < -0.39 is 35.4 Å². The molecule has 1 saturated carbocycles. The Morgan fingerprint density at radius 1 is 1.05 bits per heavy atom. The van der Waals surface area contributed by atoms with Gasteiger partial charge in [-0.3, -0.25) is 9.59 Å². The lowest BCUT2D eigenvalue weighted by Gasteiger charge is -2.41. The molecule has 1 fully saturated rings. The molecule has 0 aliphatic heterocycles. The zero-order chi connectivity index (χ0) is 15.7. The number of carbonyl (C=O) groups excluding carboxylic acids is 2. The van der Waals surface area contributed by atoms with Gasteiger partial charge in [0.2, 0.25) is 0 Å². The zero-order valence-electron chi connectivity index (χ0n) is 11.2. The fourth-order valence-electron chi connectivity index (χ4n) is 2.50. The standard InChI is InChI=1S/C15H14F4O2/c16-11-4-2-10(3-5-11)12(20)6-7-13(21)14(8-1-9-14)15(17,18)19/h2-5H,1,6-9H2. The van der Waals surface area contributed by atoms with Gasteiger partial charge < -0.3 is 0 Å². The lowest BCUT2D eigenvalue weighted by molar-refractivity contribution is -0.242. The summed E-state index contributed by atoms with van der Waals surface area (Å²) in [6.45, 7) is 0. The third-order valence-electron chi connectivity index (χ3n) is 4.03. The van der Waals surface area contributed by atoms with Gasteiger partial charge in [0, 0.05) is 18.4 Å². The third-order valence-corrected chi connectivity index (χ3v) is 4.03. The van der Waals surface area contributed by atoms with E-state index in [1.165, 1.54) is 12.1 Å². The Kier molecular flexibility index (Phi) is 4.16. The van der Waals surface area contributed by atoms with Crippen LogP contribution in [0, 0.1) is 11.2 Å². The van der Waals surface area contributed by atoms with Crippen LogP contribution in [0.15, 0.2) is 24.3 Å². The van der Waals surface area contributed by atoms with Crippen LogP contribution in [0.3, 0.4) is 0 Å². The summed E-state index contributed by atoms with van der Waals surface area (Å²) < 4.78 is 51.6. The van der Waals surface area contributed by atoms with Crippen LogP contribution in [-0.2, 0) is 4.79 Å². The van der Waals surface area contributed by atoms with E-state index in [0.717, 1.165) is 12.1 Å². The van der Waals surface area contributed by atoms with Gasteiger partial charge in [0.1, 0.15) is 17.0 Å². The topological polar surface area (TPSA) is 34.1 Å². The molecule has 2 nitrogen and oxygen atoms in total. The van der Waals surface area contributed by atoms with Crippen molar-refractivity contribution in [2.45, 2.75) is 38.3 Å². The Hall–Kier alpha value is -1.72. The molecule has 114 valence electrons. The molecule has 1 aromatic rings. The summed E-state index contributed by atoms with van der Waals surface area (Å²) in [6.07, 6.45) is -5.30. The van der Waals surface area contributed by atoms with E-state index in [0.29, 0.717) is 6.42 Å². The van der Waals surface area contributed by atoms with Gasteiger partial charge in [0.25, 0.3) is 0 Å². The molecule has 0 spiro atoms. The largest absolute Gasteiger partial charge is 0.401 e. The van der Waals surface area contributed by atoms with Gasteiger partial charge in [-0.25, -0.2) is 4.39 Å². The molecule has 0 atom stereocenters. The molecule has 0 N–H and O–H groups in total. The molecule has 0 radical (unpaired) electrons. The maximum atomic E-state index is 13.0.